The molecule has 1 unspecified atom stereocenters. The van der Waals surface area contributed by atoms with Crippen molar-refractivity contribution in [2.24, 2.45) is 5.92 Å². The molecule has 3 aliphatic rings. The van der Waals surface area contributed by atoms with E-state index in [1.54, 1.807) is 0 Å². The molecule has 2 saturated carbocycles. The molecule has 28 heavy (non-hydrogen) atoms. The predicted molar refractivity (Wildman–Crippen MR) is 111 cm³/mol. The van der Waals surface area contributed by atoms with Gasteiger partial charge in [-0.25, -0.2) is 0 Å². The van der Waals surface area contributed by atoms with Crippen LogP contribution in [0.1, 0.15) is 69.8 Å². The van der Waals surface area contributed by atoms with Crippen LogP contribution in [0.15, 0.2) is 24.3 Å². The number of carbonyl (C=O) groups excluding carboxylic acids is 2. The lowest BCUT2D eigenvalue weighted by Crippen LogP contribution is -2.47. The Morgan fingerprint density at radius 1 is 1.07 bits per heavy atom. The van der Waals surface area contributed by atoms with Gasteiger partial charge >= 0.3 is 0 Å². The number of benzene rings is 1. The van der Waals surface area contributed by atoms with Gasteiger partial charge in [-0.2, -0.15) is 0 Å². The molecule has 1 heterocycles. The summed E-state index contributed by atoms with van der Waals surface area (Å²) in [5.74, 6) is 0.639. The minimum Gasteiger partial charge on any atom is -0.355 e. The zero-order valence-corrected chi connectivity index (χ0v) is 17.3. The molecule has 2 amide bonds. The molecule has 1 atom stereocenters. The highest BCUT2D eigenvalue weighted by Crippen LogP contribution is 2.40. The first-order valence-corrected chi connectivity index (χ1v) is 11.3. The predicted octanol–water partition coefficient (Wildman–Crippen LogP) is 4.45. The fraction of sp³-hybridized carbons (Fsp3) is 0.652. The molecule has 4 rings (SSSR count). The molecule has 1 aromatic carbocycles. The number of hydrogen-bond donors (Lipinski definition) is 1. The van der Waals surface area contributed by atoms with Gasteiger partial charge in [-0.05, 0) is 43.4 Å². The number of hydrogen-bond acceptors (Lipinski definition) is 2. The summed E-state index contributed by atoms with van der Waals surface area (Å²) in [7, 11) is 0. The van der Waals surface area contributed by atoms with E-state index in [2.05, 4.69) is 10.2 Å². The van der Waals surface area contributed by atoms with Crippen molar-refractivity contribution in [3.05, 3.63) is 34.9 Å². The molecule has 0 radical (unpaired) electrons. The zero-order valence-electron chi connectivity index (χ0n) is 16.6. The van der Waals surface area contributed by atoms with E-state index in [0.717, 1.165) is 50.6 Å². The average Bonchev–Trinajstić information content (AvgIpc) is 3.36. The van der Waals surface area contributed by atoms with Crippen LogP contribution in [0.3, 0.4) is 0 Å². The quantitative estimate of drug-likeness (QED) is 0.790. The maximum Gasteiger partial charge on any atom is 0.230 e. The molecule has 1 aromatic rings. The first-order valence-electron chi connectivity index (χ1n) is 10.9. The van der Waals surface area contributed by atoms with Crippen LogP contribution >= 0.6 is 11.6 Å². The summed E-state index contributed by atoms with van der Waals surface area (Å²) in [5, 5.41) is 3.93. The highest BCUT2D eigenvalue weighted by molar-refractivity contribution is 6.30. The maximum atomic E-state index is 13.3. The van der Waals surface area contributed by atoms with Gasteiger partial charge in [0, 0.05) is 36.5 Å². The highest BCUT2D eigenvalue weighted by atomic mass is 35.5. The van der Waals surface area contributed by atoms with Gasteiger partial charge in [0.15, 0.2) is 0 Å². The number of nitrogens with zero attached hydrogens (tertiary/aromatic N) is 1. The summed E-state index contributed by atoms with van der Waals surface area (Å²) < 4.78 is 0. The van der Waals surface area contributed by atoms with Crippen molar-refractivity contribution in [2.75, 3.05) is 13.1 Å². The number of carbonyl (C=O) groups is 2. The SMILES string of the molecule is O=C1CC(CNC(=O)C2(c3ccc(Cl)cc3)CCCCC2)CN1C1CCCC1. The van der Waals surface area contributed by atoms with Gasteiger partial charge in [0.25, 0.3) is 0 Å². The largest absolute Gasteiger partial charge is 0.355 e. The second kappa shape index (κ2) is 8.44. The second-order valence-electron chi connectivity index (χ2n) is 8.91. The maximum absolute atomic E-state index is 13.3. The molecule has 5 heteroatoms. The van der Waals surface area contributed by atoms with E-state index in [1.807, 2.05) is 24.3 Å². The molecule has 3 fully saturated rings. The van der Waals surface area contributed by atoms with E-state index in [-0.39, 0.29) is 17.7 Å². The normalized spacial score (nSPS) is 25.2. The minimum absolute atomic E-state index is 0.126. The molecular formula is C23H31ClN2O2. The van der Waals surface area contributed by atoms with E-state index in [9.17, 15) is 9.59 Å². The van der Waals surface area contributed by atoms with Gasteiger partial charge in [0.05, 0.1) is 5.41 Å². The van der Waals surface area contributed by atoms with E-state index in [0.29, 0.717) is 24.0 Å². The Morgan fingerprint density at radius 2 is 1.75 bits per heavy atom. The van der Waals surface area contributed by atoms with Crippen molar-refractivity contribution in [2.45, 2.75) is 75.7 Å². The van der Waals surface area contributed by atoms with Crippen LogP contribution in [0.5, 0.6) is 0 Å². The van der Waals surface area contributed by atoms with Crippen LogP contribution in [-0.2, 0) is 15.0 Å². The standard InChI is InChI=1S/C23H31ClN2O2/c24-19-10-8-18(9-11-19)23(12-4-1-5-13-23)22(28)25-15-17-14-21(27)26(16-17)20-6-2-3-7-20/h8-11,17,20H,1-7,12-16H2,(H,25,28). The number of halogens is 1. The molecule has 4 nitrogen and oxygen atoms in total. The minimum atomic E-state index is -0.448. The smallest absolute Gasteiger partial charge is 0.230 e. The highest BCUT2D eigenvalue weighted by Gasteiger charge is 2.42. The summed E-state index contributed by atoms with van der Waals surface area (Å²) in [6, 6.07) is 8.22. The van der Waals surface area contributed by atoms with E-state index < -0.39 is 5.41 Å². The van der Waals surface area contributed by atoms with Gasteiger partial charge in [0.1, 0.15) is 0 Å². The summed E-state index contributed by atoms with van der Waals surface area (Å²) >= 11 is 6.07. The fourth-order valence-corrected chi connectivity index (χ4v) is 5.62. The van der Waals surface area contributed by atoms with Gasteiger partial charge in [-0.15, -0.1) is 0 Å². The molecular weight excluding hydrogens is 372 g/mol. The number of nitrogens with one attached hydrogen (secondary N) is 1. The lowest BCUT2D eigenvalue weighted by Gasteiger charge is -2.36. The summed E-state index contributed by atoms with van der Waals surface area (Å²) in [4.78, 5) is 27.9. The Labute approximate surface area is 173 Å². The summed E-state index contributed by atoms with van der Waals surface area (Å²) in [6.07, 6.45) is 10.5. The lowest BCUT2D eigenvalue weighted by molar-refractivity contribution is -0.130. The number of rotatable bonds is 5. The van der Waals surface area contributed by atoms with Crippen LogP contribution in [-0.4, -0.2) is 35.8 Å². The zero-order chi connectivity index (χ0) is 19.6. The summed E-state index contributed by atoms with van der Waals surface area (Å²) in [5.41, 5.74) is 0.625. The van der Waals surface area contributed by atoms with Crippen LogP contribution in [0.4, 0.5) is 0 Å². The first kappa shape index (κ1) is 19.8. The van der Waals surface area contributed by atoms with Crippen molar-refractivity contribution in [3.8, 4) is 0 Å². The average molecular weight is 403 g/mol. The molecule has 152 valence electrons. The molecule has 0 spiro atoms. The van der Waals surface area contributed by atoms with Crippen molar-refractivity contribution in [3.63, 3.8) is 0 Å². The van der Waals surface area contributed by atoms with Crippen molar-refractivity contribution in [1.82, 2.24) is 10.2 Å². The molecule has 0 bridgehead atoms. The Morgan fingerprint density at radius 3 is 2.43 bits per heavy atom. The fourth-order valence-electron chi connectivity index (χ4n) is 5.49. The van der Waals surface area contributed by atoms with E-state index >= 15 is 0 Å². The second-order valence-corrected chi connectivity index (χ2v) is 9.35. The monoisotopic (exact) mass is 402 g/mol. The molecule has 1 aliphatic heterocycles. The van der Waals surface area contributed by atoms with Crippen LogP contribution in [0.2, 0.25) is 5.02 Å². The third-order valence-electron chi connectivity index (χ3n) is 7.09. The Bertz CT molecular complexity index is 706. The van der Waals surface area contributed by atoms with Crippen molar-refractivity contribution in [1.29, 1.82) is 0 Å². The van der Waals surface area contributed by atoms with Crippen LogP contribution in [0.25, 0.3) is 0 Å². The van der Waals surface area contributed by atoms with Crippen molar-refractivity contribution < 1.29 is 9.59 Å². The van der Waals surface area contributed by atoms with E-state index in [1.165, 1.54) is 19.3 Å². The topological polar surface area (TPSA) is 49.4 Å². The molecule has 2 aliphatic carbocycles. The Hall–Kier alpha value is -1.55. The van der Waals surface area contributed by atoms with Gasteiger partial charge in [-0.3, -0.25) is 9.59 Å². The molecule has 0 aromatic heterocycles. The molecule has 1 N–H and O–H groups in total. The third-order valence-corrected chi connectivity index (χ3v) is 7.35. The van der Waals surface area contributed by atoms with Gasteiger partial charge in [-0.1, -0.05) is 55.8 Å². The molecule has 1 saturated heterocycles. The van der Waals surface area contributed by atoms with Crippen molar-refractivity contribution >= 4 is 23.4 Å². The van der Waals surface area contributed by atoms with E-state index in [4.69, 9.17) is 11.6 Å². The number of amides is 2. The number of likely N-dealkylation sites (tertiary alicyclic amines) is 1. The van der Waals surface area contributed by atoms with Crippen LogP contribution in [0, 0.1) is 5.92 Å². The third kappa shape index (κ3) is 3.94. The lowest BCUT2D eigenvalue weighted by atomic mass is 9.68. The van der Waals surface area contributed by atoms with Crippen LogP contribution < -0.4 is 5.32 Å². The van der Waals surface area contributed by atoms with Gasteiger partial charge < -0.3 is 10.2 Å². The first-order chi connectivity index (χ1) is 13.6. The van der Waals surface area contributed by atoms with Gasteiger partial charge in [0.2, 0.25) is 11.8 Å². The Kier molecular flexibility index (Phi) is 5.96. The summed E-state index contributed by atoms with van der Waals surface area (Å²) in [6.45, 7) is 1.40. The Balaban J connectivity index is 1.41.